The molecule has 132 valence electrons. The second-order valence-corrected chi connectivity index (χ2v) is 5.69. The Morgan fingerprint density at radius 3 is 2.88 bits per heavy atom. The van der Waals surface area contributed by atoms with Crippen molar-refractivity contribution in [2.75, 3.05) is 7.11 Å². The van der Waals surface area contributed by atoms with Gasteiger partial charge < -0.3 is 9.47 Å². The van der Waals surface area contributed by atoms with Gasteiger partial charge in [0, 0.05) is 6.20 Å². The summed E-state index contributed by atoms with van der Waals surface area (Å²) < 4.78 is 11.1. The number of carbonyl (C=O) groups is 1. The lowest BCUT2D eigenvalue weighted by Crippen LogP contribution is -2.18. The number of methoxy groups -OCH3 is 1. The maximum Gasteiger partial charge on any atom is 0.289 e. The van der Waals surface area contributed by atoms with Crippen molar-refractivity contribution in [3.05, 3.63) is 52.8 Å². The third kappa shape index (κ3) is 5.19. The summed E-state index contributed by atoms with van der Waals surface area (Å²) in [7, 11) is 1.54. The highest BCUT2D eigenvalue weighted by Gasteiger charge is 2.14. The summed E-state index contributed by atoms with van der Waals surface area (Å²) in [5.74, 6) is 0.602. The Hall–Kier alpha value is -2.60. The fourth-order valence-corrected chi connectivity index (χ4v) is 2.20. The number of pyridine rings is 1. The molecule has 2 rings (SSSR count). The number of hydrazone groups is 1. The fourth-order valence-electron chi connectivity index (χ4n) is 1.93. The van der Waals surface area contributed by atoms with Crippen LogP contribution in [0.1, 0.15) is 36.3 Å². The Morgan fingerprint density at radius 2 is 2.24 bits per heavy atom. The van der Waals surface area contributed by atoms with Crippen molar-refractivity contribution in [1.82, 2.24) is 10.4 Å². The van der Waals surface area contributed by atoms with E-state index in [-0.39, 0.29) is 11.8 Å². The van der Waals surface area contributed by atoms with Crippen LogP contribution >= 0.6 is 11.6 Å². The zero-order chi connectivity index (χ0) is 18.2. The lowest BCUT2D eigenvalue weighted by Gasteiger charge is -2.17. The quantitative estimate of drug-likeness (QED) is 0.603. The van der Waals surface area contributed by atoms with E-state index >= 15 is 0 Å². The Morgan fingerprint density at radius 1 is 1.44 bits per heavy atom. The molecule has 0 fully saturated rings. The van der Waals surface area contributed by atoms with Crippen LogP contribution in [-0.2, 0) is 0 Å². The van der Waals surface area contributed by atoms with Crippen molar-refractivity contribution in [1.29, 1.82) is 0 Å². The molecule has 1 unspecified atom stereocenters. The van der Waals surface area contributed by atoms with Crippen molar-refractivity contribution in [3.63, 3.8) is 0 Å². The first-order valence-electron chi connectivity index (χ1n) is 7.83. The van der Waals surface area contributed by atoms with E-state index in [2.05, 4.69) is 15.5 Å². The van der Waals surface area contributed by atoms with Crippen LogP contribution in [0, 0.1) is 0 Å². The molecule has 0 saturated heterocycles. The topological polar surface area (TPSA) is 72.8 Å². The predicted octanol–water partition coefficient (Wildman–Crippen LogP) is 3.68. The van der Waals surface area contributed by atoms with Gasteiger partial charge in [-0.2, -0.15) is 5.10 Å². The summed E-state index contributed by atoms with van der Waals surface area (Å²) in [4.78, 5) is 15.8. The molecule has 0 radical (unpaired) electrons. The second-order valence-electron chi connectivity index (χ2n) is 5.28. The van der Waals surface area contributed by atoms with E-state index in [0.29, 0.717) is 22.1 Å². The van der Waals surface area contributed by atoms with Gasteiger partial charge in [-0.05, 0) is 43.2 Å². The largest absolute Gasteiger partial charge is 0.493 e. The van der Waals surface area contributed by atoms with Crippen LogP contribution in [0.25, 0.3) is 0 Å². The van der Waals surface area contributed by atoms with E-state index in [1.54, 1.807) is 43.6 Å². The SMILES string of the molecule is CCC(C)Oc1c(Cl)cc(C=NNC(=O)c2ccccn2)cc1OC. The van der Waals surface area contributed by atoms with Crippen LogP contribution in [0.4, 0.5) is 0 Å². The van der Waals surface area contributed by atoms with Gasteiger partial charge in [-0.1, -0.05) is 24.6 Å². The first-order chi connectivity index (χ1) is 12.0. The summed E-state index contributed by atoms with van der Waals surface area (Å²) in [5.41, 5.74) is 3.36. The van der Waals surface area contributed by atoms with Crippen LogP contribution in [-0.4, -0.2) is 30.3 Å². The van der Waals surface area contributed by atoms with Crippen LogP contribution in [0.15, 0.2) is 41.6 Å². The van der Waals surface area contributed by atoms with E-state index in [1.807, 2.05) is 13.8 Å². The monoisotopic (exact) mass is 361 g/mol. The van der Waals surface area contributed by atoms with Gasteiger partial charge in [0.05, 0.1) is 24.5 Å². The molecule has 1 atom stereocenters. The fraction of sp³-hybridized carbons (Fsp3) is 0.278. The summed E-state index contributed by atoms with van der Waals surface area (Å²) >= 11 is 6.29. The average Bonchev–Trinajstić information content (AvgIpc) is 2.63. The molecule has 7 heteroatoms. The first kappa shape index (κ1) is 18.7. The molecule has 0 saturated carbocycles. The second kappa shape index (κ2) is 9.03. The van der Waals surface area contributed by atoms with Gasteiger partial charge in [-0.25, -0.2) is 5.43 Å². The third-order valence-electron chi connectivity index (χ3n) is 3.42. The number of amides is 1. The van der Waals surface area contributed by atoms with E-state index in [4.69, 9.17) is 21.1 Å². The number of halogens is 1. The molecule has 0 spiro atoms. The zero-order valence-electron chi connectivity index (χ0n) is 14.3. The van der Waals surface area contributed by atoms with Crippen LogP contribution < -0.4 is 14.9 Å². The molecule has 0 aliphatic rings. The number of hydrogen-bond acceptors (Lipinski definition) is 5. The van der Waals surface area contributed by atoms with Crippen LogP contribution in [0.3, 0.4) is 0 Å². The molecule has 1 N–H and O–H groups in total. The Kier molecular flexibility index (Phi) is 6.77. The number of nitrogens with zero attached hydrogens (tertiary/aromatic N) is 2. The number of benzene rings is 1. The van der Waals surface area contributed by atoms with Gasteiger partial charge in [-0.15, -0.1) is 0 Å². The number of rotatable bonds is 7. The summed E-state index contributed by atoms with van der Waals surface area (Å²) in [5, 5.41) is 4.34. The van der Waals surface area contributed by atoms with Crippen LogP contribution in [0.2, 0.25) is 5.02 Å². The number of hydrogen-bond donors (Lipinski definition) is 1. The smallest absolute Gasteiger partial charge is 0.289 e. The van der Waals surface area contributed by atoms with Crippen molar-refractivity contribution in [2.24, 2.45) is 5.10 Å². The van der Waals surface area contributed by atoms with E-state index in [9.17, 15) is 4.79 Å². The molecule has 6 nitrogen and oxygen atoms in total. The Labute approximate surface area is 151 Å². The van der Waals surface area contributed by atoms with Crippen molar-refractivity contribution in [3.8, 4) is 11.5 Å². The minimum absolute atomic E-state index is 0.0172. The van der Waals surface area contributed by atoms with Gasteiger partial charge in [0.25, 0.3) is 5.91 Å². The van der Waals surface area contributed by atoms with Gasteiger partial charge in [0.2, 0.25) is 0 Å². The molecule has 1 aromatic heterocycles. The average molecular weight is 362 g/mol. The summed E-state index contributed by atoms with van der Waals surface area (Å²) in [6.45, 7) is 3.98. The van der Waals surface area contributed by atoms with Gasteiger partial charge >= 0.3 is 0 Å². The van der Waals surface area contributed by atoms with Crippen molar-refractivity contribution in [2.45, 2.75) is 26.4 Å². The molecule has 25 heavy (non-hydrogen) atoms. The standard InChI is InChI=1S/C18H20ClN3O3/c1-4-12(2)25-17-14(19)9-13(10-16(17)24-3)11-21-22-18(23)15-7-5-6-8-20-15/h5-12H,4H2,1-3H3,(H,22,23). The Balaban J connectivity index is 2.12. The lowest BCUT2D eigenvalue weighted by molar-refractivity contribution is 0.0950. The number of ether oxygens (including phenoxy) is 2. The van der Waals surface area contributed by atoms with Gasteiger partial charge in [0.1, 0.15) is 5.69 Å². The number of aromatic nitrogens is 1. The van der Waals surface area contributed by atoms with Crippen molar-refractivity contribution >= 4 is 23.7 Å². The molecule has 0 aliphatic carbocycles. The molecule has 0 aliphatic heterocycles. The van der Waals surface area contributed by atoms with E-state index < -0.39 is 5.91 Å². The minimum Gasteiger partial charge on any atom is -0.493 e. The third-order valence-corrected chi connectivity index (χ3v) is 3.70. The van der Waals surface area contributed by atoms with Crippen LogP contribution in [0.5, 0.6) is 11.5 Å². The first-order valence-corrected chi connectivity index (χ1v) is 8.21. The summed E-state index contributed by atoms with van der Waals surface area (Å²) in [6.07, 6.45) is 3.88. The Bertz CT molecular complexity index is 751. The molecule has 1 aromatic carbocycles. The zero-order valence-corrected chi connectivity index (χ0v) is 15.1. The van der Waals surface area contributed by atoms with Crippen molar-refractivity contribution < 1.29 is 14.3 Å². The molecule has 1 heterocycles. The lowest BCUT2D eigenvalue weighted by atomic mass is 10.2. The minimum atomic E-state index is -0.397. The molecular weight excluding hydrogens is 342 g/mol. The molecule has 1 amide bonds. The number of nitrogens with one attached hydrogen (secondary N) is 1. The number of carbonyl (C=O) groups excluding carboxylic acids is 1. The van der Waals surface area contributed by atoms with Gasteiger partial charge in [0.15, 0.2) is 11.5 Å². The predicted molar refractivity (Wildman–Crippen MR) is 97.7 cm³/mol. The highest BCUT2D eigenvalue weighted by molar-refractivity contribution is 6.32. The van der Waals surface area contributed by atoms with E-state index in [1.165, 1.54) is 6.21 Å². The van der Waals surface area contributed by atoms with Gasteiger partial charge in [-0.3, -0.25) is 9.78 Å². The highest BCUT2D eigenvalue weighted by atomic mass is 35.5. The van der Waals surface area contributed by atoms with E-state index in [0.717, 1.165) is 6.42 Å². The molecular formula is C18H20ClN3O3. The summed E-state index contributed by atoms with van der Waals surface area (Å²) in [6, 6.07) is 8.49. The highest BCUT2D eigenvalue weighted by Crippen LogP contribution is 2.37. The molecule has 2 aromatic rings. The maximum atomic E-state index is 11.9. The normalized spacial score (nSPS) is 12.0. The molecule has 0 bridgehead atoms. The maximum absolute atomic E-state index is 11.9.